The van der Waals surface area contributed by atoms with Gasteiger partial charge in [-0.2, -0.15) is 0 Å². The minimum atomic E-state index is -0.376. The smallest absolute Gasteiger partial charge is 0.245 e. The fraction of sp³-hybridized carbons (Fsp3) is 0.455. The molecule has 6 nitrogen and oxygen atoms in total. The van der Waals surface area contributed by atoms with Gasteiger partial charge in [-0.15, -0.1) is 11.3 Å². The highest BCUT2D eigenvalue weighted by atomic mass is 32.1. The molecule has 0 N–H and O–H groups in total. The van der Waals surface area contributed by atoms with Gasteiger partial charge in [-0.3, -0.25) is 9.59 Å². The van der Waals surface area contributed by atoms with Gasteiger partial charge in [-0.25, -0.2) is 0 Å². The van der Waals surface area contributed by atoms with Crippen molar-refractivity contribution in [3.63, 3.8) is 0 Å². The maximum absolute atomic E-state index is 13.3. The summed E-state index contributed by atoms with van der Waals surface area (Å²) < 4.78 is 11.5. The van der Waals surface area contributed by atoms with Crippen LogP contribution in [0.15, 0.2) is 35.7 Å². The van der Waals surface area contributed by atoms with E-state index >= 15 is 0 Å². The highest BCUT2D eigenvalue weighted by Gasteiger charge is 2.36. The molecule has 1 atom stereocenters. The van der Waals surface area contributed by atoms with Gasteiger partial charge in [0.25, 0.3) is 0 Å². The van der Waals surface area contributed by atoms with E-state index in [-0.39, 0.29) is 17.9 Å². The Morgan fingerprint density at radius 1 is 1.21 bits per heavy atom. The molecule has 0 bridgehead atoms. The number of rotatable bonds is 6. The molecule has 29 heavy (non-hydrogen) atoms. The van der Waals surface area contributed by atoms with Crippen LogP contribution in [-0.4, -0.2) is 54.0 Å². The van der Waals surface area contributed by atoms with Crippen LogP contribution in [-0.2, 0) is 22.6 Å². The van der Waals surface area contributed by atoms with Crippen LogP contribution in [0, 0.1) is 0 Å². The highest BCUT2D eigenvalue weighted by Crippen LogP contribution is 2.34. The molecule has 1 unspecified atom stereocenters. The number of benzene rings is 1. The average Bonchev–Trinajstić information content (AvgIpc) is 3.43. The second-order valence-corrected chi connectivity index (χ2v) is 8.33. The van der Waals surface area contributed by atoms with Crippen LogP contribution < -0.4 is 9.47 Å². The third-order valence-electron chi connectivity index (χ3n) is 5.47. The number of hydrogen-bond donors (Lipinski definition) is 0. The molecule has 3 heterocycles. The summed E-state index contributed by atoms with van der Waals surface area (Å²) in [6.45, 7) is 4.69. The molecule has 1 aromatic carbocycles. The minimum Gasteiger partial charge on any atom is -0.486 e. The first-order chi connectivity index (χ1) is 14.2. The molecular formula is C22H26N2O4S. The number of carbonyl (C=O) groups excluding carboxylic acids is 2. The summed E-state index contributed by atoms with van der Waals surface area (Å²) in [6.07, 6.45) is 1.95. The van der Waals surface area contributed by atoms with Crippen molar-refractivity contribution in [3.8, 4) is 11.5 Å². The van der Waals surface area contributed by atoms with Gasteiger partial charge in [-0.1, -0.05) is 18.2 Å². The minimum absolute atomic E-state index is 0.0128. The van der Waals surface area contributed by atoms with E-state index in [9.17, 15) is 9.59 Å². The molecule has 1 fully saturated rings. The molecule has 154 valence electrons. The van der Waals surface area contributed by atoms with Crippen LogP contribution in [0.4, 0.5) is 0 Å². The SMILES string of the molecule is CCN(Cc1cccc2c1OCCO2)C(=O)C1CCCN1C(=O)Cc1cccs1. The van der Waals surface area contributed by atoms with Crippen molar-refractivity contribution in [3.05, 3.63) is 46.2 Å². The number of amides is 2. The van der Waals surface area contributed by atoms with Crippen molar-refractivity contribution in [1.82, 2.24) is 9.80 Å². The number of likely N-dealkylation sites (tertiary alicyclic amines) is 1. The molecule has 4 rings (SSSR count). The van der Waals surface area contributed by atoms with Crippen LogP contribution in [0.3, 0.4) is 0 Å². The maximum Gasteiger partial charge on any atom is 0.245 e. The van der Waals surface area contributed by atoms with Gasteiger partial charge in [-0.05, 0) is 37.3 Å². The summed E-state index contributed by atoms with van der Waals surface area (Å²) in [7, 11) is 0. The van der Waals surface area contributed by atoms with Gasteiger partial charge in [0.15, 0.2) is 11.5 Å². The number of fused-ring (bicyclic) bond motifs is 1. The maximum atomic E-state index is 13.3. The van der Waals surface area contributed by atoms with Crippen LogP contribution in [0.5, 0.6) is 11.5 Å². The number of ether oxygens (including phenoxy) is 2. The average molecular weight is 415 g/mol. The zero-order chi connectivity index (χ0) is 20.2. The van der Waals surface area contributed by atoms with E-state index in [2.05, 4.69) is 0 Å². The number of hydrogen-bond acceptors (Lipinski definition) is 5. The van der Waals surface area contributed by atoms with E-state index in [0.29, 0.717) is 39.3 Å². The summed E-state index contributed by atoms with van der Waals surface area (Å²) in [5.41, 5.74) is 0.937. The predicted octanol–water partition coefficient (Wildman–Crippen LogP) is 3.10. The lowest BCUT2D eigenvalue weighted by Gasteiger charge is -2.30. The first kappa shape index (κ1) is 19.8. The lowest BCUT2D eigenvalue weighted by molar-refractivity contribution is -0.143. The molecule has 0 spiro atoms. The Labute approximate surface area is 175 Å². The van der Waals surface area contributed by atoms with E-state index in [4.69, 9.17) is 9.47 Å². The Hall–Kier alpha value is -2.54. The van der Waals surface area contributed by atoms with Crippen molar-refractivity contribution >= 4 is 23.2 Å². The van der Waals surface area contributed by atoms with Gasteiger partial charge < -0.3 is 19.3 Å². The summed E-state index contributed by atoms with van der Waals surface area (Å²) >= 11 is 1.58. The van der Waals surface area contributed by atoms with Gasteiger partial charge >= 0.3 is 0 Å². The molecule has 1 saturated heterocycles. The molecule has 1 aromatic heterocycles. The quantitative estimate of drug-likeness (QED) is 0.729. The molecule has 2 amide bonds. The van der Waals surface area contributed by atoms with Crippen LogP contribution in [0.1, 0.15) is 30.2 Å². The van der Waals surface area contributed by atoms with Crippen LogP contribution in [0.2, 0.25) is 0 Å². The van der Waals surface area contributed by atoms with Gasteiger partial charge in [0, 0.05) is 30.1 Å². The van der Waals surface area contributed by atoms with Crippen LogP contribution in [0.25, 0.3) is 0 Å². The zero-order valence-corrected chi connectivity index (χ0v) is 17.5. The van der Waals surface area contributed by atoms with Crippen molar-refractivity contribution in [2.24, 2.45) is 0 Å². The second kappa shape index (κ2) is 8.86. The number of carbonyl (C=O) groups is 2. The highest BCUT2D eigenvalue weighted by molar-refractivity contribution is 7.10. The predicted molar refractivity (Wildman–Crippen MR) is 111 cm³/mol. The van der Waals surface area contributed by atoms with Crippen LogP contribution >= 0.6 is 11.3 Å². The summed E-state index contributed by atoms with van der Waals surface area (Å²) in [5, 5.41) is 1.97. The molecular weight excluding hydrogens is 388 g/mol. The fourth-order valence-electron chi connectivity index (χ4n) is 4.01. The number of nitrogens with zero attached hydrogens (tertiary/aromatic N) is 2. The zero-order valence-electron chi connectivity index (χ0n) is 16.6. The van der Waals surface area contributed by atoms with E-state index in [0.717, 1.165) is 34.8 Å². The molecule has 0 saturated carbocycles. The van der Waals surface area contributed by atoms with Crippen molar-refractivity contribution in [2.45, 2.75) is 38.8 Å². The fourth-order valence-corrected chi connectivity index (χ4v) is 4.70. The molecule has 0 aliphatic carbocycles. The first-order valence-electron chi connectivity index (χ1n) is 10.2. The van der Waals surface area contributed by atoms with Gasteiger partial charge in [0.05, 0.1) is 6.42 Å². The Morgan fingerprint density at radius 2 is 2.07 bits per heavy atom. The summed E-state index contributed by atoms with van der Waals surface area (Å²) in [4.78, 5) is 30.8. The van der Waals surface area contributed by atoms with Crippen molar-refractivity contribution in [2.75, 3.05) is 26.3 Å². The Morgan fingerprint density at radius 3 is 2.86 bits per heavy atom. The van der Waals surface area contributed by atoms with Crippen molar-refractivity contribution < 1.29 is 19.1 Å². The van der Waals surface area contributed by atoms with Gasteiger partial charge in [0.1, 0.15) is 19.3 Å². The molecule has 2 aromatic rings. The van der Waals surface area contributed by atoms with E-state index in [1.165, 1.54) is 0 Å². The normalized spacial score (nSPS) is 18.0. The molecule has 7 heteroatoms. The second-order valence-electron chi connectivity index (χ2n) is 7.30. The lowest BCUT2D eigenvalue weighted by Crippen LogP contribution is -2.48. The topological polar surface area (TPSA) is 59.1 Å². The third kappa shape index (κ3) is 4.24. The number of likely N-dealkylation sites (N-methyl/N-ethyl adjacent to an activating group) is 1. The molecule has 2 aliphatic heterocycles. The lowest BCUT2D eigenvalue weighted by atomic mass is 10.1. The van der Waals surface area contributed by atoms with E-state index in [1.807, 2.05) is 47.5 Å². The number of thiophene rings is 1. The largest absolute Gasteiger partial charge is 0.486 e. The summed E-state index contributed by atoms with van der Waals surface area (Å²) in [6, 6.07) is 9.32. The van der Waals surface area contributed by atoms with Crippen molar-refractivity contribution in [1.29, 1.82) is 0 Å². The third-order valence-corrected chi connectivity index (χ3v) is 6.34. The monoisotopic (exact) mass is 414 g/mol. The van der Waals surface area contributed by atoms with Gasteiger partial charge in [0.2, 0.25) is 11.8 Å². The standard InChI is InChI=1S/C22H26N2O4S/c1-2-23(15-16-6-3-9-19-21(16)28-12-11-27-19)22(26)18-8-4-10-24(18)20(25)14-17-7-5-13-29-17/h3,5-7,9,13,18H,2,4,8,10-12,14-15H2,1H3. The Bertz CT molecular complexity index is 868. The molecule has 2 aliphatic rings. The Kier molecular flexibility index (Phi) is 6.04. The van der Waals surface area contributed by atoms with E-state index < -0.39 is 0 Å². The molecule has 0 radical (unpaired) electrons. The Balaban J connectivity index is 1.47. The number of para-hydroxylation sites is 1. The van der Waals surface area contributed by atoms with E-state index in [1.54, 1.807) is 16.2 Å². The summed E-state index contributed by atoms with van der Waals surface area (Å²) in [5.74, 6) is 1.50. The first-order valence-corrected chi connectivity index (χ1v) is 11.0.